The van der Waals surface area contributed by atoms with Gasteiger partial charge < -0.3 is 10.6 Å². The van der Waals surface area contributed by atoms with E-state index >= 15 is 0 Å². The number of unbranched alkanes of at least 4 members (excludes halogenated alkanes) is 1. The van der Waals surface area contributed by atoms with Crippen molar-refractivity contribution in [2.75, 3.05) is 31.6 Å². The van der Waals surface area contributed by atoms with E-state index in [9.17, 15) is 13.2 Å². The van der Waals surface area contributed by atoms with Crippen molar-refractivity contribution < 1.29 is 13.2 Å². The molecule has 0 spiro atoms. The molecular formula is C15H30N2O3S. The smallest absolute Gasteiger partial charge is 0.226 e. The number of hydrogen-bond acceptors (Lipinski definition) is 4. The number of sulfone groups is 1. The van der Waals surface area contributed by atoms with E-state index in [4.69, 9.17) is 0 Å². The van der Waals surface area contributed by atoms with Crippen LogP contribution in [0.15, 0.2) is 0 Å². The Balaban J connectivity index is 2.13. The Morgan fingerprint density at radius 1 is 1.10 bits per heavy atom. The average Bonchev–Trinajstić information content (AvgIpc) is 3.19. The second-order valence-corrected chi connectivity index (χ2v) is 8.69. The Morgan fingerprint density at radius 2 is 1.71 bits per heavy atom. The zero-order valence-corrected chi connectivity index (χ0v) is 14.4. The highest BCUT2D eigenvalue weighted by atomic mass is 32.2. The molecule has 0 aliphatic heterocycles. The highest BCUT2D eigenvalue weighted by Gasteiger charge is 2.51. The van der Waals surface area contributed by atoms with Gasteiger partial charge in [0, 0.05) is 6.54 Å². The van der Waals surface area contributed by atoms with Gasteiger partial charge in [-0.2, -0.15) is 0 Å². The third-order valence-corrected chi connectivity index (χ3v) is 6.22. The van der Waals surface area contributed by atoms with Crippen molar-refractivity contribution in [2.24, 2.45) is 11.3 Å². The first kappa shape index (κ1) is 18.4. The van der Waals surface area contributed by atoms with Crippen LogP contribution >= 0.6 is 0 Å². The summed E-state index contributed by atoms with van der Waals surface area (Å²) in [5.74, 6) is 0.998. The van der Waals surface area contributed by atoms with Crippen LogP contribution in [-0.4, -0.2) is 46.0 Å². The summed E-state index contributed by atoms with van der Waals surface area (Å²) in [6, 6.07) is 0. The van der Waals surface area contributed by atoms with Crippen molar-refractivity contribution in [3.05, 3.63) is 0 Å². The second kappa shape index (κ2) is 8.13. The Kier molecular flexibility index (Phi) is 7.13. The molecule has 0 bridgehead atoms. The Bertz CT molecular complexity index is 428. The lowest BCUT2D eigenvalue weighted by Crippen LogP contribution is -2.35. The summed E-state index contributed by atoms with van der Waals surface area (Å²) in [5.41, 5.74) is -0.140. The zero-order valence-electron chi connectivity index (χ0n) is 13.6. The van der Waals surface area contributed by atoms with E-state index in [2.05, 4.69) is 24.5 Å². The fourth-order valence-electron chi connectivity index (χ4n) is 2.60. The van der Waals surface area contributed by atoms with Gasteiger partial charge in [-0.15, -0.1) is 0 Å². The van der Waals surface area contributed by atoms with Crippen LogP contribution in [0, 0.1) is 11.3 Å². The molecule has 6 heteroatoms. The molecule has 5 nitrogen and oxygen atoms in total. The maximum absolute atomic E-state index is 12.1. The average molecular weight is 318 g/mol. The zero-order chi connectivity index (χ0) is 15.9. The minimum absolute atomic E-state index is 0.140. The monoisotopic (exact) mass is 318 g/mol. The van der Waals surface area contributed by atoms with E-state index < -0.39 is 9.84 Å². The number of rotatable bonds is 11. The highest BCUT2D eigenvalue weighted by Crippen LogP contribution is 2.51. The van der Waals surface area contributed by atoms with Gasteiger partial charge in [-0.05, 0) is 51.6 Å². The third kappa shape index (κ3) is 5.94. The summed E-state index contributed by atoms with van der Waals surface area (Å²) < 4.78 is 23.5. The number of nitrogens with one attached hydrogen (secondary N) is 2. The van der Waals surface area contributed by atoms with E-state index in [0.717, 1.165) is 25.8 Å². The van der Waals surface area contributed by atoms with Gasteiger partial charge in [0.25, 0.3) is 0 Å². The number of carbonyl (C=O) groups is 1. The van der Waals surface area contributed by atoms with Gasteiger partial charge in [-0.3, -0.25) is 4.79 Å². The summed E-state index contributed by atoms with van der Waals surface area (Å²) in [5, 5.41) is 5.91. The fraction of sp³-hybridized carbons (Fsp3) is 0.933. The maximum Gasteiger partial charge on any atom is 0.226 e. The van der Waals surface area contributed by atoms with E-state index in [1.807, 2.05) is 7.05 Å². The molecule has 2 N–H and O–H groups in total. The van der Waals surface area contributed by atoms with E-state index in [1.165, 1.54) is 0 Å². The number of amides is 1. The van der Waals surface area contributed by atoms with Crippen LogP contribution in [-0.2, 0) is 14.6 Å². The molecule has 124 valence electrons. The van der Waals surface area contributed by atoms with Crippen LogP contribution in [0.3, 0.4) is 0 Å². The molecule has 0 heterocycles. The first-order chi connectivity index (χ1) is 9.84. The van der Waals surface area contributed by atoms with Crippen molar-refractivity contribution >= 4 is 15.7 Å². The molecule has 0 atom stereocenters. The van der Waals surface area contributed by atoms with Gasteiger partial charge in [-0.1, -0.05) is 13.8 Å². The summed E-state index contributed by atoms with van der Waals surface area (Å²) in [6.07, 6.45) is 3.97. The van der Waals surface area contributed by atoms with Crippen LogP contribution in [0.25, 0.3) is 0 Å². The minimum Gasteiger partial charge on any atom is -0.356 e. The molecule has 0 saturated heterocycles. The molecule has 0 unspecified atom stereocenters. The number of carbonyl (C=O) groups excluding carboxylic acids is 1. The minimum atomic E-state index is -2.94. The first-order valence-corrected chi connectivity index (χ1v) is 9.79. The molecular weight excluding hydrogens is 288 g/mol. The lowest BCUT2D eigenvalue weighted by Gasteiger charge is -2.18. The summed E-state index contributed by atoms with van der Waals surface area (Å²) in [4.78, 5) is 12.1. The molecule has 21 heavy (non-hydrogen) atoms. The topological polar surface area (TPSA) is 75.3 Å². The van der Waals surface area contributed by atoms with E-state index in [-0.39, 0.29) is 22.8 Å². The largest absolute Gasteiger partial charge is 0.356 e. The molecule has 1 amide bonds. The molecule has 1 saturated carbocycles. The predicted octanol–water partition coefficient (Wildman–Crippen LogP) is 1.34. The van der Waals surface area contributed by atoms with Crippen LogP contribution in [0.5, 0.6) is 0 Å². The van der Waals surface area contributed by atoms with E-state index in [1.54, 1.807) is 0 Å². The summed E-state index contributed by atoms with van der Waals surface area (Å²) in [6.45, 7) is 5.49. The summed E-state index contributed by atoms with van der Waals surface area (Å²) >= 11 is 0. The van der Waals surface area contributed by atoms with E-state index in [0.29, 0.717) is 25.3 Å². The van der Waals surface area contributed by atoms with Gasteiger partial charge in [0.2, 0.25) is 5.91 Å². The number of hydrogen-bond donors (Lipinski definition) is 2. The lowest BCUT2D eigenvalue weighted by atomic mass is 9.91. The van der Waals surface area contributed by atoms with Crippen molar-refractivity contribution in [1.29, 1.82) is 0 Å². The van der Waals surface area contributed by atoms with Gasteiger partial charge >= 0.3 is 0 Å². The van der Waals surface area contributed by atoms with Crippen molar-refractivity contribution in [3.63, 3.8) is 0 Å². The lowest BCUT2D eigenvalue weighted by molar-refractivity contribution is -0.127. The molecule has 0 aromatic carbocycles. The highest BCUT2D eigenvalue weighted by molar-refractivity contribution is 7.91. The third-order valence-electron chi connectivity index (χ3n) is 4.40. The molecule has 1 rings (SSSR count). The Hall–Kier alpha value is -0.620. The van der Waals surface area contributed by atoms with Crippen LogP contribution in [0.4, 0.5) is 0 Å². The predicted molar refractivity (Wildman–Crippen MR) is 85.9 cm³/mol. The van der Waals surface area contributed by atoms with Crippen molar-refractivity contribution in [1.82, 2.24) is 10.6 Å². The van der Waals surface area contributed by atoms with Gasteiger partial charge in [0.05, 0.1) is 16.9 Å². The fourth-order valence-corrected chi connectivity index (χ4v) is 4.03. The normalized spacial score (nSPS) is 17.0. The molecule has 1 fully saturated rings. The second-order valence-electron chi connectivity index (χ2n) is 6.38. The molecule has 0 radical (unpaired) electrons. The van der Waals surface area contributed by atoms with Crippen LogP contribution < -0.4 is 10.6 Å². The van der Waals surface area contributed by atoms with Crippen LogP contribution in [0.1, 0.15) is 46.0 Å². The SMILES string of the molecule is CNCCCS(=O)(=O)CCCCNC(=O)C1(C(C)C)CC1. The maximum atomic E-state index is 12.1. The van der Waals surface area contributed by atoms with Gasteiger partial charge in [-0.25, -0.2) is 8.42 Å². The van der Waals surface area contributed by atoms with Gasteiger partial charge in [0.1, 0.15) is 9.84 Å². The van der Waals surface area contributed by atoms with Crippen molar-refractivity contribution in [2.45, 2.75) is 46.0 Å². The standard InChI is InChI=1S/C15H30N2O3S/c1-13(2)15(7-8-15)14(18)17-10-4-5-11-21(19,20)12-6-9-16-3/h13,16H,4-12H2,1-3H3,(H,17,18). The quantitative estimate of drug-likeness (QED) is 0.564. The van der Waals surface area contributed by atoms with Crippen molar-refractivity contribution in [3.8, 4) is 0 Å². The van der Waals surface area contributed by atoms with Gasteiger partial charge in [0.15, 0.2) is 0 Å². The van der Waals surface area contributed by atoms with Crippen LogP contribution in [0.2, 0.25) is 0 Å². The Morgan fingerprint density at radius 3 is 2.24 bits per heavy atom. The first-order valence-electron chi connectivity index (χ1n) is 7.97. The Labute approximate surface area is 129 Å². The molecule has 1 aliphatic rings. The molecule has 0 aromatic heterocycles. The molecule has 1 aliphatic carbocycles. The molecule has 0 aromatic rings. The summed E-state index contributed by atoms with van der Waals surface area (Å²) in [7, 11) is -1.12.